The predicted octanol–water partition coefficient (Wildman–Crippen LogP) is 2.06. The molecule has 1 aromatic carbocycles. The predicted molar refractivity (Wildman–Crippen MR) is 47.3 cm³/mol. The number of hydrogen-bond donors (Lipinski definition) is 0. The molecule has 0 spiro atoms. The van der Waals surface area contributed by atoms with Crippen molar-refractivity contribution in [2.75, 3.05) is 7.11 Å². The Hall–Kier alpha value is -1.35. The normalized spacial score (nSPS) is 12.5. The zero-order valence-electron chi connectivity index (χ0n) is 8.29. The van der Waals surface area contributed by atoms with Crippen LogP contribution in [-0.4, -0.2) is 21.9 Å². The maximum Gasteiger partial charge on any atom is 0.573 e. The maximum absolute atomic E-state index is 13.2. The summed E-state index contributed by atoms with van der Waals surface area (Å²) in [6, 6.07) is 2.22. The Morgan fingerprint density at radius 2 is 1.82 bits per heavy atom. The van der Waals surface area contributed by atoms with Crippen molar-refractivity contribution in [1.29, 1.82) is 0 Å². The molecule has 0 aliphatic rings. The molecular weight excluding hydrogens is 268 g/mol. The number of hydrogen-bond acceptors (Lipinski definition) is 4. The van der Waals surface area contributed by atoms with E-state index in [-0.39, 0.29) is 0 Å². The fourth-order valence-corrected chi connectivity index (χ4v) is 1.85. The molecule has 0 radical (unpaired) electrons. The van der Waals surface area contributed by atoms with E-state index in [1.54, 1.807) is 0 Å². The van der Waals surface area contributed by atoms with E-state index in [4.69, 9.17) is 0 Å². The molecule has 0 aromatic heterocycles. The number of benzene rings is 1. The van der Waals surface area contributed by atoms with Gasteiger partial charge in [-0.05, 0) is 12.1 Å². The first-order valence-corrected chi connectivity index (χ1v) is 5.43. The Morgan fingerprint density at radius 3 is 2.29 bits per heavy atom. The van der Waals surface area contributed by atoms with Gasteiger partial charge in [0.25, 0.3) is 0 Å². The van der Waals surface area contributed by atoms with E-state index in [0.29, 0.717) is 19.2 Å². The lowest BCUT2D eigenvalue weighted by Gasteiger charge is -2.12. The Labute approximate surface area is 93.9 Å². The summed E-state index contributed by atoms with van der Waals surface area (Å²) in [5.74, 6) is -2.58. The van der Waals surface area contributed by atoms with Crippen LogP contribution in [0.5, 0.6) is 5.75 Å². The Balaban J connectivity index is 3.38. The van der Waals surface area contributed by atoms with Gasteiger partial charge in [-0.25, -0.2) is 4.39 Å². The SMILES string of the molecule is COS(=O)(=O)c1c(F)cccc1OC(F)(F)F. The van der Waals surface area contributed by atoms with Crippen molar-refractivity contribution in [2.24, 2.45) is 0 Å². The summed E-state index contributed by atoms with van der Waals surface area (Å²) >= 11 is 0. The van der Waals surface area contributed by atoms with Gasteiger partial charge >= 0.3 is 16.5 Å². The van der Waals surface area contributed by atoms with Crippen LogP contribution in [0.4, 0.5) is 17.6 Å². The third-order valence-electron chi connectivity index (χ3n) is 1.63. The highest BCUT2D eigenvalue weighted by molar-refractivity contribution is 7.86. The highest BCUT2D eigenvalue weighted by Gasteiger charge is 2.35. The van der Waals surface area contributed by atoms with E-state index in [0.717, 1.165) is 6.07 Å². The first-order chi connectivity index (χ1) is 7.67. The van der Waals surface area contributed by atoms with Crippen molar-refractivity contribution in [3.8, 4) is 5.75 Å². The second-order valence-corrected chi connectivity index (χ2v) is 4.39. The molecule has 0 heterocycles. The first-order valence-electron chi connectivity index (χ1n) is 4.02. The average Bonchev–Trinajstić information content (AvgIpc) is 2.14. The number of ether oxygens (including phenoxy) is 1. The van der Waals surface area contributed by atoms with Crippen LogP contribution >= 0.6 is 0 Å². The van der Waals surface area contributed by atoms with Crippen molar-refractivity contribution in [3.05, 3.63) is 24.0 Å². The molecule has 1 aromatic rings. The molecule has 17 heavy (non-hydrogen) atoms. The number of halogens is 4. The smallest absolute Gasteiger partial charge is 0.404 e. The molecule has 0 unspecified atom stereocenters. The quantitative estimate of drug-likeness (QED) is 0.625. The molecule has 4 nitrogen and oxygen atoms in total. The molecule has 0 atom stereocenters. The van der Waals surface area contributed by atoms with E-state index in [2.05, 4.69) is 8.92 Å². The third kappa shape index (κ3) is 3.30. The van der Waals surface area contributed by atoms with Gasteiger partial charge in [0, 0.05) is 0 Å². The van der Waals surface area contributed by atoms with Crippen molar-refractivity contribution < 1.29 is 34.9 Å². The molecule has 9 heteroatoms. The summed E-state index contributed by atoms with van der Waals surface area (Å²) in [4.78, 5) is -1.29. The zero-order chi connectivity index (χ0) is 13.3. The lowest BCUT2D eigenvalue weighted by Crippen LogP contribution is -2.19. The third-order valence-corrected chi connectivity index (χ3v) is 2.96. The lowest BCUT2D eigenvalue weighted by atomic mass is 10.3. The number of alkyl halides is 3. The van der Waals surface area contributed by atoms with Crippen LogP contribution in [-0.2, 0) is 14.3 Å². The van der Waals surface area contributed by atoms with Gasteiger partial charge in [-0.2, -0.15) is 8.42 Å². The van der Waals surface area contributed by atoms with E-state index in [9.17, 15) is 26.0 Å². The molecule has 0 amide bonds. The molecule has 0 saturated heterocycles. The van der Waals surface area contributed by atoms with Gasteiger partial charge in [0.05, 0.1) is 7.11 Å². The molecule has 0 saturated carbocycles. The lowest BCUT2D eigenvalue weighted by molar-refractivity contribution is -0.275. The summed E-state index contributed by atoms with van der Waals surface area (Å²) in [5.41, 5.74) is 0. The minimum atomic E-state index is -5.13. The fourth-order valence-electron chi connectivity index (χ4n) is 1.02. The van der Waals surface area contributed by atoms with Gasteiger partial charge in [0.1, 0.15) is 5.82 Å². The molecule has 0 aliphatic carbocycles. The van der Waals surface area contributed by atoms with E-state index in [1.165, 1.54) is 0 Å². The van der Waals surface area contributed by atoms with Crippen LogP contribution in [0.3, 0.4) is 0 Å². The molecule has 0 bridgehead atoms. The molecule has 0 aliphatic heterocycles. The van der Waals surface area contributed by atoms with Crippen LogP contribution < -0.4 is 4.74 Å². The van der Waals surface area contributed by atoms with Crippen molar-refractivity contribution in [3.63, 3.8) is 0 Å². The molecular formula is C8H6F4O4S. The number of rotatable bonds is 3. The highest BCUT2D eigenvalue weighted by atomic mass is 32.2. The van der Waals surface area contributed by atoms with Gasteiger partial charge < -0.3 is 4.74 Å². The van der Waals surface area contributed by atoms with Gasteiger partial charge in [-0.15, -0.1) is 13.2 Å². The maximum atomic E-state index is 13.2. The largest absolute Gasteiger partial charge is 0.573 e. The average molecular weight is 274 g/mol. The second kappa shape index (κ2) is 4.49. The van der Waals surface area contributed by atoms with Gasteiger partial charge in [-0.1, -0.05) is 6.07 Å². The summed E-state index contributed by atoms with van der Waals surface area (Å²) in [5, 5.41) is 0. The van der Waals surface area contributed by atoms with Gasteiger partial charge in [0.15, 0.2) is 10.6 Å². The van der Waals surface area contributed by atoms with Crippen molar-refractivity contribution >= 4 is 10.1 Å². The summed E-state index contributed by atoms with van der Waals surface area (Å²) < 4.78 is 78.9. The minimum absolute atomic E-state index is 0.669. The topological polar surface area (TPSA) is 52.6 Å². The van der Waals surface area contributed by atoms with Crippen LogP contribution in [0.1, 0.15) is 0 Å². The highest BCUT2D eigenvalue weighted by Crippen LogP contribution is 2.32. The standard InChI is InChI=1S/C8H6F4O4S/c1-15-17(13,14)7-5(9)3-2-4-6(7)16-8(10,11)12/h2-4H,1H3. The van der Waals surface area contributed by atoms with E-state index < -0.39 is 32.9 Å². The second-order valence-electron chi connectivity index (χ2n) is 2.74. The van der Waals surface area contributed by atoms with Crippen LogP contribution in [0.2, 0.25) is 0 Å². The van der Waals surface area contributed by atoms with E-state index >= 15 is 0 Å². The van der Waals surface area contributed by atoms with Crippen LogP contribution in [0.15, 0.2) is 23.1 Å². The fraction of sp³-hybridized carbons (Fsp3) is 0.250. The Bertz CT molecular complexity index is 509. The summed E-state index contributed by atoms with van der Waals surface area (Å²) in [6.45, 7) is 0. The van der Waals surface area contributed by atoms with Gasteiger partial charge in [-0.3, -0.25) is 4.18 Å². The van der Waals surface area contributed by atoms with Crippen molar-refractivity contribution in [2.45, 2.75) is 11.3 Å². The van der Waals surface area contributed by atoms with Crippen LogP contribution in [0.25, 0.3) is 0 Å². The summed E-state index contributed by atoms with van der Waals surface area (Å²) in [6.07, 6.45) is -5.13. The summed E-state index contributed by atoms with van der Waals surface area (Å²) in [7, 11) is -3.94. The minimum Gasteiger partial charge on any atom is -0.404 e. The first kappa shape index (κ1) is 13.7. The van der Waals surface area contributed by atoms with Crippen LogP contribution in [0, 0.1) is 5.82 Å². The Kier molecular flexibility index (Phi) is 3.62. The molecule has 96 valence electrons. The molecule has 1 rings (SSSR count). The zero-order valence-corrected chi connectivity index (χ0v) is 9.10. The molecule has 0 N–H and O–H groups in total. The monoisotopic (exact) mass is 274 g/mol. The van der Waals surface area contributed by atoms with Gasteiger partial charge in [0.2, 0.25) is 0 Å². The van der Waals surface area contributed by atoms with Crippen molar-refractivity contribution in [1.82, 2.24) is 0 Å². The Morgan fingerprint density at radius 1 is 1.24 bits per heavy atom. The van der Waals surface area contributed by atoms with E-state index in [1.807, 2.05) is 0 Å². The molecule has 0 fully saturated rings.